The number of nitrogens with zero attached hydrogens (tertiary/aromatic N) is 2. The van der Waals surface area contributed by atoms with E-state index in [9.17, 15) is 14.4 Å². The first-order valence-electron chi connectivity index (χ1n) is 10.2. The highest BCUT2D eigenvalue weighted by Crippen LogP contribution is 2.37. The summed E-state index contributed by atoms with van der Waals surface area (Å²) in [6.07, 6.45) is 2.05. The first kappa shape index (κ1) is 20.5. The van der Waals surface area contributed by atoms with Crippen molar-refractivity contribution in [3.8, 4) is 0 Å². The lowest BCUT2D eigenvalue weighted by molar-refractivity contribution is -0.131. The number of carbonyl (C=O) groups excluding carboxylic acids is 3. The van der Waals surface area contributed by atoms with Crippen molar-refractivity contribution in [2.24, 2.45) is 0 Å². The molecule has 2 aromatic carbocycles. The lowest BCUT2D eigenvalue weighted by Crippen LogP contribution is -2.44. The number of fused-ring (bicyclic) bond motifs is 1. The highest BCUT2D eigenvalue weighted by Gasteiger charge is 2.39. The molecule has 156 valence electrons. The second-order valence-electron chi connectivity index (χ2n) is 7.68. The van der Waals surface area contributed by atoms with Crippen LogP contribution in [0.1, 0.15) is 25.3 Å². The van der Waals surface area contributed by atoms with Gasteiger partial charge < -0.3 is 10.2 Å². The molecule has 0 spiro atoms. The van der Waals surface area contributed by atoms with Crippen molar-refractivity contribution in [3.05, 3.63) is 60.2 Å². The van der Waals surface area contributed by atoms with Crippen molar-refractivity contribution in [1.82, 2.24) is 10.2 Å². The molecule has 4 amide bonds. The molecule has 0 saturated carbocycles. The van der Waals surface area contributed by atoms with Gasteiger partial charge in [-0.3, -0.25) is 14.5 Å². The van der Waals surface area contributed by atoms with Gasteiger partial charge >= 0.3 is 6.03 Å². The minimum atomic E-state index is -0.586. The van der Waals surface area contributed by atoms with E-state index in [1.165, 1.54) is 0 Å². The molecular weight excluding hydrogens is 398 g/mol. The average molecular weight is 424 g/mol. The van der Waals surface area contributed by atoms with Crippen LogP contribution in [0.3, 0.4) is 0 Å². The minimum Gasteiger partial charge on any atom is -0.326 e. The van der Waals surface area contributed by atoms with E-state index < -0.39 is 12.1 Å². The lowest BCUT2D eigenvalue weighted by atomic mass is 10.1. The Kier molecular flexibility index (Phi) is 6.08. The third-order valence-corrected chi connectivity index (χ3v) is 6.75. The van der Waals surface area contributed by atoms with E-state index in [1.54, 1.807) is 16.7 Å². The molecule has 0 unspecified atom stereocenters. The molecule has 30 heavy (non-hydrogen) atoms. The van der Waals surface area contributed by atoms with E-state index >= 15 is 0 Å². The summed E-state index contributed by atoms with van der Waals surface area (Å²) in [5.74, 6) is -0.556. The van der Waals surface area contributed by atoms with E-state index in [0.717, 1.165) is 27.5 Å². The molecule has 7 heteroatoms. The van der Waals surface area contributed by atoms with Gasteiger partial charge in [-0.2, -0.15) is 0 Å². The van der Waals surface area contributed by atoms with Crippen LogP contribution in [0.2, 0.25) is 0 Å². The van der Waals surface area contributed by atoms with Gasteiger partial charge in [0.2, 0.25) is 5.91 Å². The molecule has 0 aliphatic carbocycles. The molecule has 4 rings (SSSR count). The van der Waals surface area contributed by atoms with Crippen LogP contribution in [0.5, 0.6) is 0 Å². The maximum absolute atomic E-state index is 13.1. The van der Waals surface area contributed by atoms with Crippen molar-refractivity contribution in [2.45, 2.75) is 42.4 Å². The summed E-state index contributed by atoms with van der Waals surface area (Å²) in [5.41, 5.74) is 1.96. The largest absolute Gasteiger partial charge is 0.326 e. The van der Waals surface area contributed by atoms with E-state index in [1.807, 2.05) is 54.6 Å². The Morgan fingerprint density at radius 3 is 2.63 bits per heavy atom. The molecule has 2 aliphatic rings. The summed E-state index contributed by atoms with van der Waals surface area (Å²) in [6, 6.07) is 16.6. The molecule has 1 N–H and O–H groups in total. The van der Waals surface area contributed by atoms with Crippen LogP contribution in [-0.2, 0) is 16.0 Å². The Labute approximate surface area is 180 Å². The normalized spacial score (nSPS) is 21.2. The first-order chi connectivity index (χ1) is 14.5. The van der Waals surface area contributed by atoms with Crippen molar-refractivity contribution < 1.29 is 14.4 Å². The number of urea groups is 1. The Balaban J connectivity index is 1.43. The Morgan fingerprint density at radius 2 is 1.83 bits per heavy atom. The molecular formula is C23H25N3O3S. The van der Waals surface area contributed by atoms with Gasteiger partial charge in [0.1, 0.15) is 12.6 Å². The molecule has 0 bridgehead atoms. The highest BCUT2D eigenvalue weighted by atomic mass is 32.2. The first-order valence-corrected chi connectivity index (χ1v) is 11.1. The molecule has 0 aromatic heterocycles. The van der Waals surface area contributed by atoms with Gasteiger partial charge in [-0.1, -0.05) is 49.4 Å². The maximum Gasteiger partial charge on any atom is 0.325 e. The van der Waals surface area contributed by atoms with Gasteiger partial charge in [-0.15, -0.1) is 11.8 Å². The van der Waals surface area contributed by atoms with Gasteiger partial charge in [0.25, 0.3) is 5.91 Å². The fourth-order valence-electron chi connectivity index (χ4n) is 3.84. The Bertz CT molecular complexity index is 950. The highest BCUT2D eigenvalue weighted by molar-refractivity contribution is 8.00. The zero-order valence-corrected chi connectivity index (χ0v) is 17.7. The predicted molar refractivity (Wildman–Crippen MR) is 118 cm³/mol. The van der Waals surface area contributed by atoms with Gasteiger partial charge in [-0.25, -0.2) is 4.79 Å². The van der Waals surface area contributed by atoms with Crippen LogP contribution in [-0.4, -0.2) is 47.1 Å². The van der Waals surface area contributed by atoms with Crippen LogP contribution < -0.4 is 10.2 Å². The van der Waals surface area contributed by atoms with Crippen LogP contribution in [0.25, 0.3) is 0 Å². The monoisotopic (exact) mass is 423 g/mol. The number of carbonyl (C=O) groups is 3. The summed E-state index contributed by atoms with van der Waals surface area (Å²) in [4.78, 5) is 42.1. The number of aryl methyl sites for hydroxylation is 1. The standard InChI is InChI=1S/C23H25N3O3S/c1-16-13-14-25(19-9-5-6-10-20(19)30-16)21(27)15-26-22(28)18(24-23(26)29)12-11-17-7-3-2-4-8-17/h2-10,16,18H,11-15H2,1H3,(H,24,29)/t16-,18+/m0/s1. The molecule has 6 nitrogen and oxygen atoms in total. The number of nitrogens with one attached hydrogen (secondary N) is 1. The topological polar surface area (TPSA) is 69.7 Å². The minimum absolute atomic E-state index is 0.232. The third kappa shape index (κ3) is 4.36. The number of hydrogen-bond acceptors (Lipinski definition) is 4. The predicted octanol–water partition coefficient (Wildman–Crippen LogP) is 3.46. The number of imide groups is 1. The average Bonchev–Trinajstić information content (AvgIpc) is 2.91. The van der Waals surface area contributed by atoms with Gasteiger partial charge in [0.05, 0.1) is 5.69 Å². The van der Waals surface area contributed by atoms with Crippen molar-refractivity contribution >= 4 is 35.3 Å². The SMILES string of the molecule is C[C@H]1CCN(C(=O)CN2C(=O)N[C@H](CCc3ccccc3)C2=O)c2ccccc2S1. The number of thioether (sulfide) groups is 1. The molecule has 2 aliphatic heterocycles. The molecule has 1 fully saturated rings. The zero-order valence-electron chi connectivity index (χ0n) is 16.9. The smallest absolute Gasteiger partial charge is 0.325 e. The third-order valence-electron chi connectivity index (χ3n) is 5.51. The fourth-order valence-corrected chi connectivity index (χ4v) is 4.96. The van der Waals surface area contributed by atoms with Crippen LogP contribution in [0, 0.1) is 0 Å². The second-order valence-corrected chi connectivity index (χ2v) is 9.16. The number of rotatable bonds is 5. The zero-order chi connectivity index (χ0) is 21.1. The number of para-hydroxylation sites is 1. The summed E-state index contributed by atoms with van der Waals surface area (Å²) in [6.45, 7) is 2.48. The van der Waals surface area contributed by atoms with Crippen molar-refractivity contribution in [3.63, 3.8) is 0 Å². The number of amides is 4. The number of hydrogen-bond donors (Lipinski definition) is 1. The molecule has 2 aromatic rings. The summed E-state index contributed by atoms with van der Waals surface area (Å²) < 4.78 is 0. The summed E-state index contributed by atoms with van der Waals surface area (Å²) in [5, 5.41) is 3.13. The van der Waals surface area contributed by atoms with Crippen LogP contribution >= 0.6 is 11.8 Å². The van der Waals surface area contributed by atoms with Crippen LogP contribution in [0.4, 0.5) is 10.5 Å². The van der Waals surface area contributed by atoms with Gasteiger partial charge in [0, 0.05) is 16.7 Å². The molecule has 1 saturated heterocycles. The summed E-state index contributed by atoms with van der Waals surface area (Å²) in [7, 11) is 0. The lowest BCUT2D eigenvalue weighted by Gasteiger charge is -2.24. The van der Waals surface area contributed by atoms with Gasteiger partial charge in [0.15, 0.2) is 0 Å². The Hall–Kier alpha value is -2.80. The maximum atomic E-state index is 13.1. The molecule has 2 atom stereocenters. The summed E-state index contributed by atoms with van der Waals surface area (Å²) >= 11 is 1.75. The van der Waals surface area contributed by atoms with Crippen LogP contribution in [0.15, 0.2) is 59.5 Å². The van der Waals surface area contributed by atoms with E-state index in [0.29, 0.717) is 24.6 Å². The number of benzene rings is 2. The van der Waals surface area contributed by atoms with Crippen molar-refractivity contribution in [1.29, 1.82) is 0 Å². The van der Waals surface area contributed by atoms with E-state index in [4.69, 9.17) is 0 Å². The fraction of sp³-hybridized carbons (Fsp3) is 0.348. The van der Waals surface area contributed by atoms with E-state index in [2.05, 4.69) is 12.2 Å². The Morgan fingerprint density at radius 1 is 1.10 bits per heavy atom. The second kappa shape index (κ2) is 8.92. The molecule has 0 radical (unpaired) electrons. The van der Waals surface area contributed by atoms with Crippen molar-refractivity contribution in [2.75, 3.05) is 18.0 Å². The quantitative estimate of drug-likeness (QED) is 0.748. The van der Waals surface area contributed by atoms with E-state index in [-0.39, 0.29) is 18.4 Å². The molecule has 2 heterocycles. The number of anilines is 1. The van der Waals surface area contributed by atoms with Gasteiger partial charge in [-0.05, 0) is 37.0 Å².